The summed E-state index contributed by atoms with van der Waals surface area (Å²) in [5.74, 6) is -1.65. The van der Waals surface area contributed by atoms with Crippen LogP contribution in [0.15, 0.2) is 24.3 Å². The number of amides is 3. The summed E-state index contributed by atoms with van der Waals surface area (Å²) < 4.78 is 5.25. The Bertz CT molecular complexity index is 800. The van der Waals surface area contributed by atoms with Crippen LogP contribution in [0.25, 0.3) is 0 Å². The lowest BCUT2D eigenvalue weighted by Crippen LogP contribution is -2.48. The van der Waals surface area contributed by atoms with Crippen LogP contribution in [0.1, 0.15) is 73.6 Å². The number of hydrogen-bond donors (Lipinski definition) is 1. The van der Waals surface area contributed by atoms with Gasteiger partial charge >= 0.3 is 5.97 Å². The molecule has 0 unspecified atom stereocenters. The van der Waals surface area contributed by atoms with E-state index in [-0.39, 0.29) is 35.4 Å². The van der Waals surface area contributed by atoms with Gasteiger partial charge in [0.25, 0.3) is 17.7 Å². The maximum atomic E-state index is 12.8. The lowest BCUT2D eigenvalue weighted by molar-refractivity contribution is -0.153. The van der Waals surface area contributed by atoms with E-state index in [2.05, 4.69) is 12.2 Å². The predicted octanol–water partition coefficient (Wildman–Crippen LogP) is 2.94. The van der Waals surface area contributed by atoms with Crippen LogP contribution < -0.4 is 5.32 Å². The molecule has 2 aliphatic rings. The first kappa shape index (κ1) is 22.0. The first-order chi connectivity index (χ1) is 14.3. The van der Waals surface area contributed by atoms with E-state index in [1.165, 1.54) is 6.42 Å². The summed E-state index contributed by atoms with van der Waals surface area (Å²) in [7, 11) is 0. The number of fused-ring (bicyclic) bond motifs is 1. The first-order valence-electron chi connectivity index (χ1n) is 10.7. The molecular weight excluding hydrogens is 384 g/mol. The molecule has 7 heteroatoms. The van der Waals surface area contributed by atoms with Gasteiger partial charge in [0.15, 0.2) is 6.61 Å². The molecule has 0 aromatic heterocycles. The molecule has 0 spiro atoms. The van der Waals surface area contributed by atoms with Crippen LogP contribution in [0, 0.1) is 11.8 Å². The molecule has 1 N–H and O–H groups in total. The van der Waals surface area contributed by atoms with Crippen molar-refractivity contribution in [2.24, 2.45) is 11.8 Å². The van der Waals surface area contributed by atoms with Crippen molar-refractivity contribution < 1.29 is 23.9 Å². The van der Waals surface area contributed by atoms with Crippen molar-refractivity contribution in [1.82, 2.24) is 10.2 Å². The Morgan fingerprint density at radius 1 is 1.10 bits per heavy atom. The fraction of sp³-hybridized carbons (Fsp3) is 0.565. The Hall–Kier alpha value is -2.70. The average Bonchev–Trinajstić information content (AvgIpc) is 2.97. The smallest absolute Gasteiger partial charge is 0.329 e. The Morgan fingerprint density at radius 3 is 2.27 bits per heavy atom. The zero-order valence-electron chi connectivity index (χ0n) is 17.8. The van der Waals surface area contributed by atoms with Crippen LogP contribution in [-0.4, -0.2) is 47.3 Å². The number of nitrogens with zero attached hydrogens (tertiary/aromatic N) is 1. The van der Waals surface area contributed by atoms with E-state index >= 15 is 0 Å². The number of hydrogen-bond acceptors (Lipinski definition) is 5. The molecule has 0 saturated heterocycles. The Balaban J connectivity index is 1.65. The van der Waals surface area contributed by atoms with E-state index in [0.717, 1.165) is 24.2 Å². The van der Waals surface area contributed by atoms with Crippen molar-refractivity contribution in [3.8, 4) is 0 Å². The Labute approximate surface area is 177 Å². The zero-order chi connectivity index (χ0) is 21.8. The molecule has 0 radical (unpaired) electrons. The molecule has 7 nitrogen and oxygen atoms in total. The molecule has 162 valence electrons. The van der Waals surface area contributed by atoms with Gasteiger partial charge in [-0.05, 0) is 43.2 Å². The molecule has 1 aliphatic heterocycles. The Morgan fingerprint density at radius 2 is 1.70 bits per heavy atom. The van der Waals surface area contributed by atoms with Gasteiger partial charge in [0.1, 0.15) is 6.04 Å². The molecule has 3 rings (SSSR count). The van der Waals surface area contributed by atoms with Gasteiger partial charge in [-0.2, -0.15) is 0 Å². The van der Waals surface area contributed by atoms with Crippen molar-refractivity contribution in [1.29, 1.82) is 0 Å². The summed E-state index contributed by atoms with van der Waals surface area (Å²) in [5, 5.41) is 2.94. The molecule has 1 aliphatic carbocycles. The second-order valence-electron chi connectivity index (χ2n) is 8.71. The third-order valence-corrected chi connectivity index (χ3v) is 5.91. The van der Waals surface area contributed by atoms with Crippen molar-refractivity contribution in [2.45, 2.75) is 65.0 Å². The minimum Gasteiger partial charge on any atom is -0.454 e. The van der Waals surface area contributed by atoms with Crippen molar-refractivity contribution in [3.05, 3.63) is 35.4 Å². The minimum atomic E-state index is -1.06. The summed E-state index contributed by atoms with van der Waals surface area (Å²) in [6.07, 6.45) is 4.50. The van der Waals surface area contributed by atoms with E-state index in [1.54, 1.807) is 24.3 Å². The fourth-order valence-corrected chi connectivity index (χ4v) is 4.26. The average molecular weight is 415 g/mol. The molecule has 0 bridgehead atoms. The summed E-state index contributed by atoms with van der Waals surface area (Å²) in [5.41, 5.74) is 0.571. The normalized spacial score (nSPS) is 22.1. The van der Waals surface area contributed by atoms with Gasteiger partial charge < -0.3 is 10.1 Å². The number of benzene rings is 1. The van der Waals surface area contributed by atoms with Crippen molar-refractivity contribution in [2.75, 3.05) is 6.61 Å². The third kappa shape index (κ3) is 4.71. The highest BCUT2D eigenvalue weighted by molar-refractivity contribution is 6.22. The number of imide groups is 1. The standard InChI is InChI=1S/C23H30N2O5/c1-14(2)12-19(25-21(27)16-9-5-6-10-17(16)22(25)28)23(29)30-13-20(26)24-18-11-7-4-8-15(18)3/h5-6,9-10,14-15,18-19H,4,7-8,11-13H2,1-3H3,(H,24,26)/t15-,18+,19-/m1/s1. The molecule has 3 amide bonds. The quantitative estimate of drug-likeness (QED) is 0.547. The predicted molar refractivity (Wildman–Crippen MR) is 111 cm³/mol. The van der Waals surface area contributed by atoms with Crippen LogP contribution in [0.4, 0.5) is 0 Å². The number of nitrogens with one attached hydrogen (secondary N) is 1. The number of carbonyl (C=O) groups excluding carboxylic acids is 4. The van der Waals surface area contributed by atoms with E-state index in [1.807, 2.05) is 13.8 Å². The summed E-state index contributed by atoms with van der Waals surface area (Å²) in [4.78, 5) is 51.7. The van der Waals surface area contributed by atoms with Gasteiger partial charge in [0, 0.05) is 6.04 Å². The number of ether oxygens (including phenoxy) is 1. The van der Waals surface area contributed by atoms with E-state index in [4.69, 9.17) is 4.74 Å². The molecule has 1 heterocycles. The molecule has 1 saturated carbocycles. The summed E-state index contributed by atoms with van der Waals surface area (Å²) >= 11 is 0. The van der Waals surface area contributed by atoms with Crippen LogP contribution >= 0.6 is 0 Å². The maximum Gasteiger partial charge on any atom is 0.329 e. The monoisotopic (exact) mass is 414 g/mol. The van der Waals surface area contributed by atoms with Gasteiger partial charge in [-0.15, -0.1) is 0 Å². The highest BCUT2D eigenvalue weighted by Crippen LogP contribution is 2.27. The number of rotatable bonds is 7. The Kier molecular flexibility index (Phi) is 6.90. The number of carbonyl (C=O) groups is 4. The van der Waals surface area contributed by atoms with Crippen molar-refractivity contribution >= 4 is 23.7 Å². The van der Waals surface area contributed by atoms with Gasteiger partial charge in [0.2, 0.25) is 0 Å². The van der Waals surface area contributed by atoms with E-state index < -0.39 is 30.4 Å². The molecule has 1 aromatic rings. The molecule has 3 atom stereocenters. The SMILES string of the molecule is CC(C)C[C@H](C(=O)OCC(=O)N[C@H]1CCCC[C@H]1C)N1C(=O)c2ccccc2C1=O. The highest BCUT2D eigenvalue weighted by Gasteiger charge is 2.43. The van der Waals surface area contributed by atoms with Crippen LogP contribution in [-0.2, 0) is 14.3 Å². The molecular formula is C23H30N2O5. The third-order valence-electron chi connectivity index (χ3n) is 5.91. The highest BCUT2D eigenvalue weighted by atomic mass is 16.5. The van der Waals surface area contributed by atoms with Crippen LogP contribution in [0.2, 0.25) is 0 Å². The van der Waals surface area contributed by atoms with Gasteiger partial charge in [-0.3, -0.25) is 19.3 Å². The summed E-state index contributed by atoms with van der Waals surface area (Å²) in [6, 6.07) is 5.55. The zero-order valence-corrected chi connectivity index (χ0v) is 17.8. The second-order valence-corrected chi connectivity index (χ2v) is 8.71. The van der Waals surface area contributed by atoms with Crippen LogP contribution in [0.5, 0.6) is 0 Å². The van der Waals surface area contributed by atoms with Gasteiger partial charge in [-0.25, -0.2) is 4.79 Å². The number of esters is 1. The minimum absolute atomic E-state index is 0.0452. The van der Waals surface area contributed by atoms with Gasteiger partial charge in [0.05, 0.1) is 11.1 Å². The molecule has 1 fully saturated rings. The van der Waals surface area contributed by atoms with E-state index in [0.29, 0.717) is 5.92 Å². The van der Waals surface area contributed by atoms with Crippen molar-refractivity contribution in [3.63, 3.8) is 0 Å². The lowest BCUT2D eigenvalue weighted by Gasteiger charge is -2.29. The first-order valence-corrected chi connectivity index (χ1v) is 10.7. The molecule has 30 heavy (non-hydrogen) atoms. The molecule has 1 aromatic carbocycles. The lowest BCUT2D eigenvalue weighted by atomic mass is 9.86. The maximum absolute atomic E-state index is 12.8. The van der Waals surface area contributed by atoms with E-state index in [9.17, 15) is 19.2 Å². The topological polar surface area (TPSA) is 92.8 Å². The second kappa shape index (κ2) is 9.41. The largest absolute Gasteiger partial charge is 0.454 e. The summed E-state index contributed by atoms with van der Waals surface area (Å²) in [6.45, 7) is 5.49. The fourth-order valence-electron chi connectivity index (χ4n) is 4.26. The van der Waals surface area contributed by atoms with Crippen LogP contribution in [0.3, 0.4) is 0 Å². The van der Waals surface area contributed by atoms with Gasteiger partial charge in [-0.1, -0.05) is 45.7 Å².